The van der Waals surface area contributed by atoms with Crippen LogP contribution >= 0.6 is 0 Å². The van der Waals surface area contributed by atoms with Gasteiger partial charge in [-0.1, -0.05) is 12.1 Å². The van der Waals surface area contributed by atoms with Crippen molar-refractivity contribution < 1.29 is 4.74 Å². The summed E-state index contributed by atoms with van der Waals surface area (Å²) in [4.78, 5) is 21.9. The van der Waals surface area contributed by atoms with E-state index in [1.54, 1.807) is 42.3 Å². The van der Waals surface area contributed by atoms with E-state index in [1.165, 1.54) is 0 Å². The minimum atomic E-state index is -0.109. The lowest BCUT2D eigenvalue weighted by atomic mass is 10.1. The van der Waals surface area contributed by atoms with E-state index in [0.717, 1.165) is 17.0 Å². The van der Waals surface area contributed by atoms with Gasteiger partial charge in [-0.15, -0.1) is 0 Å². The number of benzene rings is 2. The van der Waals surface area contributed by atoms with Gasteiger partial charge in [-0.2, -0.15) is 0 Å². The van der Waals surface area contributed by atoms with Gasteiger partial charge in [0.2, 0.25) is 0 Å². The lowest BCUT2D eigenvalue weighted by molar-refractivity contribution is 0.415. The largest absolute Gasteiger partial charge is 0.497 e. The standard InChI is InChI=1S/C20H15N3O2/c1-25-16-8-6-14(7-9-16)19-22-18-5-3-2-4-17(18)20(24)23(19)15-10-12-21-13-11-15/h2-13H,1H3. The predicted molar refractivity (Wildman–Crippen MR) is 97.1 cm³/mol. The van der Waals surface area contributed by atoms with E-state index in [2.05, 4.69) is 4.98 Å². The van der Waals surface area contributed by atoms with Gasteiger partial charge in [-0.3, -0.25) is 14.3 Å². The summed E-state index contributed by atoms with van der Waals surface area (Å²) >= 11 is 0. The third-order valence-corrected chi connectivity index (χ3v) is 4.04. The van der Waals surface area contributed by atoms with Gasteiger partial charge in [-0.25, -0.2) is 4.98 Å². The number of rotatable bonds is 3. The summed E-state index contributed by atoms with van der Waals surface area (Å²) in [5.74, 6) is 1.33. The molecule has 0 aliphatic carbocycles. The molecule has 0 atom stereocenters. The van der Waals surface area contributed by atoms with Gasteiger partial charge >= 0.3 is 0 Å². The highest BCUT2D eigenvalue weighted by Gasteiger charge is 2.14. The lowest BCUT2D eigenvalue weighted by Gasteiger charge is -2.14. The molecule has 0 bridgehead atoms. The second-order valence-corrected chi connectivity index (χ2v) is 5.53. The average Bonchev–Trinajstić information content (AvgIpc) is 2.69. The van der Waals surface area contributed by atoms with Crippen LogP contribution in [0.3, 0.4) is 0 Å². The first kappa shape index (κ1) is 15.1. The van der Waals surface area contributed by atoms with Gasteiger partial charge in [0.15, 0.2) is 0 Å². The highest BCUT2D eigenvalue weighted by atomic mass is 16.5. The van der Waals surface area contributed by atoms with Crippen molar-refractivity contribution in [2.24, 2.45) is 0 Å². The fourth-order valence-electron chi connectivity index (χ4n) is 2.80. The molecule has 0 saturated carbocycles. The molecule has 4 aromatic rings. The van der Waals surface area contributed by atoms with Crippen LogP contribution in [0.4, 0.5) is 0 Å². The van der Waals surface area contributed by atoms with E-state index in [1.807, 2.05) is 42.5 Å². The number of fused-ring (bicyclic) bond motifs is 1. The molecule has 0 saturated heterocycles. The zero-order valence-electron chi connectivity index (χ0n) is 13.6. The summed E-state index contributed by atoms with van der Waals surface area (Å²) in [7, 11) is 1.62. The summed E-state index contributed by atoms with van der Waals surface area (Å²) in [5.41, 5.74) is 2.12. The molecule has 2 heterocycles. The Balaban J connectivity index is 2.06. The zero-order chi connectivity index (χ0) is 17.2. The second-order valence-electron chi connectivity index (χ2n) is 5.53. The van der Waals surface area contributed by atoms with Gasteiger partial charge in [0, 0.05) is 18.0 Å². The first-order valence-electron chi connectivity index (χ1n) is 7.84. The molecule has 0 unspecified atom stereocenters. The number of ether oxygens (including phenoxy) is 1. The Morgan fingerprint density at radius 3 is 2.36 bits per heavy atom. The zero-order valence-corrected chi connectivity index (χ0v) is 13.6. The number of hydrogen-bond acceptors (Lipinski definition) is 4. The van der Waals surface area contributed by atoms with Crippen LogP contribution in [-0.2, 0) is 0 Å². The van der Waals surface area contributed by atoms with E-state index in [0.29, 0.717) is 16.7 Å². The van der Waals surface area contributed by atoms with Crippen LogP contribution in [0.1, 0.15) is 0 Å². The minimum absolute atomic E-state index is 0.109. The molecule has 0 spiro atoms. The lowest BCUT2D eigenvalue weighted by Crippen LogP contribution is -2.21. The van der Waals surface area contributed by atoms with E-state index >= 15 is 0 Å². The maximum Gasteiger partial charge on any atom is 0.266 e. The molecular formula is C20H15N3O2. The van der Waals surface area contributed by atoms with Crippen molar-refractivity contribution in [2.75, 3.05) is 7.11 Å². The minimum Gasteiger partial charge on any atom is -0.497 e. The Labute approximate surface area is 144 Å². The smallest absolute Gasteiger partial charge is 0.266 e. The highest BCUT2D eigenvalue weighted by Crippen LogP contribution is 2.24. The fraction of sp³-hybridized carbons (Fsp3) is 0.0500. The number of pyridine rings is 1. The molecule has 0 aliphatic heterocycles. The van der Waals surface area contributed by atoms with E-state index in [9.17, 15) is 4.79 Å². The Morgan fingerprint density at radius 1 is 0.920 bits per heavy atom. The normalized spacial score (nSPS) is 10.8. The van der Waals surface area contributed by atoms with Crippen LogP contribution in [0.2, 0.25) is 0 Å². The summed E-state index contributed by atoms with van der Waals surface area (Å²) in [6, 6.07) is 18.5. The number of nitrogens with zero attached hydrogens (tertiary/aromatic N) is 3. The number of para-hydroxylation sites is 1. The molecule has 5 heteroatoms. The third-order valence-electron chi connectivity index (χ3n) is 4.04. The molecule has 0 radical (unpaired) electrons. The van der Waals surface area contributed by atoms with Gasteiger partial charge in [0.25, 0.3) is 5.56 Å². The van der Waals surface area contributed by atoms with Crippen LogP contribution in [0, 0.1) is 0 Å². The molecular weight excluding hydrogens is 314 g/mol. The van der Waals surface area contributed by atoms with Crippen LogP contribution < -0.4 is 10.3 Å². The first-order chi connectivity index (χ1) is 12.3. The maximum atomic E-state index is 13.1. The monoisotopic (exact) mass is 329 g/mol. The summed E-state index contributed by atoms with van der Waals surface area (Å²) in [5, 5.41) is 0.580. The number of aromatic nitrogens is 3. The van der Waals surface area contributed by atoms with Crippen molar-refractivity contribution >= 4 is 10.9 Å². The number of methoxy groups -OCH3 is 1. The van der Waals surface area contributed by atoms with Crippen LogP contribution in [0.25, 0.3) is 28.0 Å². The molecule has 0 aliphatic rings. The van der Waals surface area contributed by atoms with E-state index in [-0.39, 0.29) is 5.56 Å². The van der Waals surface area contributed by atoms with Gasteiger partial charge in [0.05, 0.1) is 23.7 Å². The molecule has 2 aromatic heterocycles. The Kier molecular flexibility index (Phi) is 3.74. The van der Waals surface area contributed by atoms with Crippen molar-refractivity contribution in [3.8, 4) is 22.8 Å². The van der Waals surface area contributed by atoms with Crippen molar-refractivity contribution in [3.63, 3.8) is 0 Å². The van der Waals surface area contributed by atoms with Crippen molar-refractivity contribution in [1.82, 2.24) is 14.5 Å². The van der Waals surface area contributed by atoms with Crippen LogP contribution in [0.5, 0.6) is 5.75 Å². The predicted octanol–water partition coefficient (Wildman–Crippen LogP) is 3.46. The SMILES string of the molecule is COc1ccc(-c2nc3ccccc3c(=O)n2-c2ccncc2)cc1. The van der Waals surface area contributed by atoms with Crippen molar-refractivity contribution in [3.05, 3.63) is 83.4 Å². The van der Waals surface area contributed by atoms with Crippen molar-refractivity contribution in [2.45, 2.75) is 0 Å². The Morgan fingerprint density at radius 2 is 1.64 bits per heavy atom. The molecule has 0 fully saturated rings. The first-order valence-corrected chi connectivity index (χ1v) is 7.84. The molecule has 0 amide bonds. The van der Waals surface area contributed by atoms with E-state index < -0.39 is 0 Å². The van der Waals surface area contributed by atoms with Crippen molar-refractivity contribution in [1.29, 1.82) is 0 Å². The molecule has 5 nitrogen and oxygen atoms in total. The van der Waals surface area contributed by atoms with Gasteiger partial charge in [0.1, 0.15) is 11.6 Å². The summed E-state index contributed by atoms with van der Waals surface area (Å²) in [6.07, 6.45) is 3.32. The molecule has 0 N–H and O–H groups in total. The molecule has 2 aromatic carbocycles. The van der Waals surface area contributed by atoms with Gasteiger partial charge in [-0.05, 0) is 48.5 Å². The summed E-state index contributed by atoms with van der Waals surface area (Å²) < 4.78 is 6.83. The fourth-order valence-corrected chi connectivity index (χ4v) is 2.80. The third kappa shape index (κ3) is 2.65. The molecule has 4 rings (SSSR count). The molecule has 25 heavy (non-hydrogen) atoms. The Bertz CT molecular complexity index is 1090. The highest BCUT2D eigenvalue weighted by molar-refractivity contribution is 5.80. The number of hydrogen-bond donors (Lipinski definition) is 0. The quantitative estimate of drug-likeness (QED) is 0.577. The topological polar surface area (TPSA) is 57.0 Å². The maximum absolute atomic E-state index is 13.1. The molecule has 122 valence electrons. The second kappa shape index (κ2) is 6.20. The van der Waals surface area contributed by atoms with Gasteiger partial charge < -0.3 is 4.74 Å². The van der Waals surface area contributed by atoms with Crippen LogP contribution in [0.15, 0.2) is 77.9 Å². The van der Waals surface area contributed by atoms with Crippen LogP contribution in [-0.4, -0.2) is 21.6 Å². The average molecular weight is 329 g/mol. The Hall–Kier alpha value is -3.47. The summed E-state index contributed by atoms with van der Waals surface area (Å²) in [6.45, 7) is 0. The van der Waals surface area contributed by atoms with E-state index in [4.69, 9.17) is 9.72 Å².